The van der Waals surface area contributed by atoms with Crippen LogP contribution in [0.2, 0.25) is 0 Å². The molecule has 0 radical (unpaired) electrons. The molecule has 1 N–H and O–H groups in total. The van der Waals surface area contributed by atoms with E-state index in [4.69, 9.17) is 18.9 Å². The molecule has 0 aromatic rings. The molecule has 0 aliphatic heterocycles. The Morgan fingerprint density at radius 1 is 0.286 bits per heavy atom. The van der Waals surface area contributed by atoms with E-state index in [9.17, 15) is 19.5 Å². The number of carbonyl (C=O) groups is 3. The van der Waals surface area contributed by atoms with Crippen molar-refractivity contribution in [2.45, 2.75) is 334 Å². The Morgan fingerprint density at radius 3 is 0.762 bits per heavy atom. The summed E-state index contributed by atoms with van der Waals surface area (Å²) in [5.41, 5.74) is 0. The van der Waals surface area contributed by atoms with Gasteiger partial charge in [0.2, 0.25) is 0 Å². The lowest BCUT2D eigenvalue weighted by Gasteiger charge is -2.25. The number of esters is 2. The van der Waals surface area contributed by atoms with Crippen LogP contribution in [-0.2, 0) is 33.3 Å². The van der Waals surface area contributed by atoms with Crippen LogP contribution in [0.3, 0.4) is 0 Å². The molecule has 0 saturated heterocycles. The third-order valence-electron chi connectivity index (χ3n) is 17.5. The Hall–Kier alpha value is -6.13. The van der Waals surface area contributed by atoms with E-state index in [2.05, 4.69) is 220 Å². The molecule has 0 aliphatic rings. The number of aliphatic carboxylic acids is 1. The van der Waals surface area contributed by atoms with Gasteiger partial charge >= 0.3 is 17.9 Å². The Labute approximate surface area is 645 Å². The minimum atomic E-state index is -1.52. The van der Waals surface area contributed by atoms with Crippen molar-refractivity contribution < 1.29 is 42.9 Å². The Bertz CT molecular complexity index is 2500. The first-order valence-electron chi connectivity index (χ1n) is 42.2. The molecule has 0 spiro atoms. The number of likely N-dealkylation sites (N-methyl/N-ethyl adjacent to an activating group) is 1. The van der Waals surface area contributed by atoms with E-state index in [1.165, 1.54) is 135 Å². The molecule has 105 heavy (non-hydrogen) atoms. The van der Waals surface area contributed by atoms with Gasteiger partial charge in [-0.1, -0.05) is 368 Å². The average molecular weight is 1450 g/mol. The molecular weight excluding hydrogens is 1300 g/mol. The minimum Gasteiger partial charge on any atom is -0.477 e. The first-order valence-corrected chi connectivity index (χ1v) is 42.2. The van der Waals surface area contributed by atoms with Crippen molar-refractivity contribution in [2.75, 3.05) is 47.5 Å². The van der Waals surface area contributed by atoms with E-state index < -0.39 is 24.3 Å². The van der Waals surface area contributed by atoms with Gasteiger partial charge in [-0.25, -0.2) is 4.79 Å². The quantitative estimate of drug-likeness (QED) is 0.0211. The summed E-state index contributed by atoms with van der Waals surface area (Å²) in [4.78, 5) is 37.8. The Kier molecular flexibility index (Phi) is 78.6. The highest BCUT2D eigenvalue weighted by Crippen LogP contribution is 2.18. The molecule has 0 heterocycles. The van der Waals surface area contributed by atoms with Crippen LogP contribution in [0, 0.1) is 0 Å². The molecule has 2 atom stereocenters. The summed E-state index contributed by atoms with van der Waals surface area (Å²) in [5.74, 6) is -2.01. The first kappa shape index (κ1) is 98.9. The average Bonchev–Trinajstić information content (AvgIpc) is 1.97. The number of ether oxygens (including phenoxy) is 4. The predicted molar refractivity (Wildman–Crippen MR) is 455 cm³/mol. The van der Waals surface area contributed by atoms with Crippen LogP contribution in [0.1, 0.15) is 322 Å². The van der Waals surface area contributed by atoms with Gasteiger partial charge in [0.15, 0.2) is 6.10 Å². The highest BCUT2D eigenvalue weighted by atomic mass is 16.7. The lowest BCUT2D eigenvalue weighted by Crippen LogP contribution is -2.40. The predicted octanol–water partition coefficient (Wildman–Crippen LogP) is 27.8. The molecule has 0 aromatic carbocycles. The van der Waals surface area contributed by atoms with Crippen molar-refractivity contribution in [1.29, 1.82) is 0 Å². The second-order valence-corrected chi connectivity index (χ2v) is 28.7. The fourth-order valence-corrected chi connectivity index (χ4v) is 11.2. The second kappa shape index (κ2) is 83.5. The highest BCUT2D eigenvalue weighted by molar-refractivity contribution is 5.71. The smallest absolute Gasteiger partial charge is 0.361 e. The molecule has 0 aliphatic carbocycles. The maximum Gasteiger partial charge on any atom is 0.361 e. The third-order valence-corrected chi connectivity index (χ3v) is 17.5. The number of carbonyl (C=O) groups excluding carboxylic acids is 2. The van der Waals surface area contributed by atoms with Crippen molar-refractivity contribution in [3.05, 3.63) is 207 Å². The molecule has 9 nitrogen and oxygen atoms in total. The van der Waals surface area contributed by atoms with E-state index >= 15 is 0 Å². The minimum absolute atomic E-state index is 0.179. The number of carboxylic acid groups (broad SMARTS) is 1. The fourth-order valence-electron chi connectivity index (χ4n) is 11.2. The highest BCUT2D eigenvalue weighted by Gasteiger charge is 2.25. The maximum absolute atomic E-state index is 13.0. The van der Waals surface area contributed by atoms with Crippen molar-refractivity contribution in [3.8, 4) is 0 Å². The van der Waals surface area contributed by atoms with E-state index in [1.807, 2.05) is 21.1 Å². The van der Waals surface area contributed by atoms with Crippen molar-refractivity contribution in [1.82, 2.24) is 0 Å². The SMILES string of the molecule is CC/C=C\C/C=C\C/C=C\C/C=C\C/C=C\C/C=C\C/C=C\C/C=C\C/C=C\CCCCCCCCCCCCCC(=O)OC(COC(=O)CCCCCCCCCCCCCCCCCC/C=C\C/C=C\C/C=C\C/C=C\C/C=C\C/C=C\C/C=C\C/C=C\CC)COC(OCC[N+](C)(C)C)C(=O)O. The number of nitrogens with zero attached hydrogens (tertiary/aromatic N) is 1. The summed E-state index contributed by atoms with van der Waals surface area (Å²) in [6, 6.07) is 0. The molecule has 0 aromatic heterocycles. The number of quaternary nitrogens is 1. The summed E-state index contributed by atoms with van der Waals surface area (Å²) in [6.07, 6.45) is 127. The number of rotatable bonds is 76. The van der Waals surface area contributed by atoms with Gasteiger partial charge in [-0.3, -0.25) is 9.59 Å². The summed E-state index contributed by atoms with van der Waals surface area (Å²) >= 11 is 0. The number of allylic oxidation sites excluding steroid dienone is 34. The number of hydrogen-bond donors (Lipinski definition) is 1. The third kappa shape index (κ3) is 85.0. The van der Waals surface area contributed by atoms with Crippen molar-refractivity contribution in [2.24, 2.45) is 0 Å². The van der Waals surface area contributed by atoms with Gasteiger partial charge in [0, 0.05) is 12.8 Å². The van der Waals surface area contributed by atoms with Crippen molar-refractivity contribution in [3.63, 3.8) is 0 Å². The normalized spacial score (nSPS) is 13.7. The Morgan fingerprint density at radius 2 is 0.514 bits per heavy atom. The first-order chi connectivity index (χ1) is 51.6. The van der Waals surface area contributed by atoms with E-state index in [1.54, 1.807) is 0 Å². The van der Waals surface area contributed by atoms with Gasteiger partial charge in [-0.2, -0.15) is 0 Å². The summed E-state index contributed by atoms with van der Waals surface area (Å²) in [5, 5.41) is 9.79. The Balaban J connectivity index is 4.07. The molecule has 0 bridgehead atoms. The van der Waals surface area contributed by atoms with Crippen LogP contribution in [0.4, 0.5) is 0 Å². The van der Waals surface area contributed by atoms with Gasteiger partial charge in [0.1, 0.15) is 13.2 Å². The van der Waals surface area contributed by atoms with Gasteiger partial charge < -0.3 is 28.5 Å². The van der Waals surface area contributed by atoms with Crippen LogP contribution in [0.15, 0.2) is 207 Å². The summed E-state index contributed by atoms with van der Waals surface area (Å²) < 4.78 is 23.1. The molecular formula is C96H156NO8+. The second-order valence-electron chi connectivity index (χ2n) is 28.7. The molecule has 2 unspecified atom stereocenters. The fraction of sp³-hybridized carbons (Fsp3) is 0.615. The van der Waals surface area contributed by atoms with E-state index in [0.717, 1.165) is 154 Å². The van der Waals surface area contributed by atoms with Gasteiger partial charge in [0.25, 0.3) is 6.29 Å². The lowest BCUT2D eigenvalue weighted by atomic mass is 10.0. The van der Waals surface area contributed by atoms with Crippen LogP contribution < -0.4 is 0 Å². The van der Waals surface area contributed by atoms with Crippen molar-refractivity contribution >= 4 is 17.9 Å². The van der Waals surface area contributed by atoms with E-state index in [0.29, 0.717) is 23.9 Å². The molecule has 9 heteroatoms. The van der Waals surface area contributed by atoms with Crippen LogP contribution in [0.5, 0.6) is 0 Å². The summed E-state index contributed by atoms with van der Waals surface area (Å²) in [7, 11) is 5.98. The number of carboxylic acids is 1. The monoisotopic (exact) mass is 1450 g/mol. The zero-order valence-corrected chi connectivity index (χ0v) is 67.8. The molecule has 0 amide bonds. The molecule has 592 valence electrons. The van der Waals surface area contributed by atoms with Crippen LogP contribution in [0.25, 0.3) is 0 Å². The zero-order valence-electron chi connectivity index (χ0n) is 67.8. The van der Waals surface area contributed by atoms with Crippen LogP contribution >= 0.6 is 0 Å². The number of hydrogen-bond acceptors (Lipinski definition) is 7. The molecule has 0 fully saturated rings. The zero-order chi connectivity index (χ0) is 76.0. The molecule has 0 saturated carbocycles. The topological polar surface area (TPSA) is 108 Å². The largest absolute Gasteiger partial charge is 0.477 e. The lowest BCUT2D eigenvalue weighted by molar-refractivity contribution is -0.870. The van der Waals surface area contributed by atoms with Gasteiger partial charge in [-0.05, 0) is 148 Å². The maximum atomic E-state index is 13.0. The summed E-state index contributed by atoms with van der Waals surface area (Å²) in [6.45, 7) is 4.65. The number of unbranched alkanes of at least 4 members (excludes halogenated alkanes) is 27. The standard InChI is InChI=1S/C96H155NO8/c1-6-8-10-12-14-16-18-20-22-24-26-28-30-32-34-36-38-40-42-44-46-47-49-50-52-54-56-58-60-62-64-66-68-70-72-74-76-78-80-82-84-86-93(98)103-90-92(91-104-96(95(100)101)102-89-88-97(3,4)5)105-94(99)87-85-83-81-79-77-75-73-71-69-67-65-63-61-59-57-55-53-51-48-45-43-41-39-37-35-33-31-29-27-25-23-21-19-17-15-13-11-9-7-2/h8-11,14-17,20-23,26-29,32-35,38-41,44-46,48-50,53,55,59,61,92,96H,6-7,12-13,18-19,24-25,30-31,36-37,42-43,47,51-52,54,56-58,60,62-91H2,1-5H3/p+1/b10-8-,11-9-,16-14-,17-15-,22-20-,23-21-,28-26-,29-27-,34-32-,35-33-,40-38-,41-39-,46-44-,48-45-,50-49-,55-53-,61-59-. The van der Waals surface area contributed by atoms with Gasteiger partial charge in [0.05, 0.1) is 34.4 Å². The van der Waals surface area contributed by atoms with E-state index in [-0.39, 0.29) is 32.2 Å². The van der Waals surface area contributed by atoms with Gasteiger partial charge in [-0.15, -0.1) is 0 Å². The van der Waals surface area contributed by atoms with Crippen LogP contribution in [-0.4, -0.2) is 87.4 Å². The molecule has 0 rings (SSSR count).